The fourth-order valence-corrected chi connectivity index (χ4v) is 8.92. The monoisotopic (exact) mass is 667 g/mol. The number of hydrogen-bond donors (Lipinski definition) is 0. The molecule has 0 saturated carbocycles. The van der Waals surface area contributed by atoms with Crippen molar-refractivity contribution in [2.75, 3.05) is 4.90 Å². The smallest absolute Gasteiger partial charge is 0.234 e. The van der Waals surface area contributed by atoms with Gasteiger partial charge >= 0.3 is 0 Å². The first kappa shape index (κ1) is 30.5. The minimum Gasteiger partial charge on any atom is -0.279 e. The molecular formula is C49H37N3. The fourth-order valence-electron chi connectivity index (χ4n) is 8.92. The van der Waals surface area contributed by atoms with E-state index in [2.05, 4.69) is 177 Å². The second kappa shape index (κ2) is 11.3. The van der Waals surface area contributed by atoms with E-state index in [9.17, 15) is 0 Å². The summed E-state index contributed by atoms with van der Waals surface area (Å²) < 4.78 is 0. The van der Waals surface area contributed by atoms with Crippen molar-refractivity contribution in [3.8, 4) is 33.4 Å². The van der Waals surface area contributed by atoms with Crippen molar-refractivity contribution >= 4 is 28.1 Å². The van der Waals surface area contributed by atoms with Gasteiger partial charge in [0.05, 0.1) is 5.69 Å². The number of fused-ring (bicyclic) bond motifs is 7. The molecule has 0 spiro atoms. The maximum atomic E-state index is 5.00. The predicted molar refractivity (Wildman–Crippen MR) is 215 cm³/mol. The van der Waals surface area contributed by atoms with Crippen LogP contribution in [0.2, 0.25) is 0 Å². The van der Waals surface area contributed by atoms with Crippen molar-refractivity contribution in [1.29, 1.82) is 0 Å². The van der Waals surface area contributed by atoms with Gasteiger partial charge in [-0.15, -0.1) is 0 Å². The number of benzene rings is 7. The molecule has 3 nitrogen and oxygen atoms in total. The third kappa shape index (κ3) is 4.39. The molecule has 10 rings (SSSR count). The Hall–Kier alpha value is -6.32. The first-order valence-electron chi connectivity index (χ1n) is 18.1. The van der Waals surface area contributed by atoms with Gasteiger partial charge in [0.15, 0.2) is 0 Å². The molecule has 0 fully saturated rings. The van der Waals surface area contributed by atoms with Crippen LogP contribution in [-0.4, -0.2) is 9.97 Å². The number of nitrogens with zero attached hydrogens (tertiary/aromatic N) is 3. The number of aromatic nitrogens is 2. The fraction of sp³-hybridized carbons (Fsp3) is 0.102. The second-order valence-corrected chi connectivity index (χ2v) is 14.8. The summed E-state index contributed by atoms with van der Waals surface area (Å²) in [6.45, 7) is 7.13. The topological polar surface area (TPSA) is 29.0 Å². The van der Waals surface area contributed by atoms with Crippen molar-refractivity contribution < 1.29 is 0 Å². The minimum absolute atomic E-state index is 0.177. The van der Waals surface area contributed by atoms with Crippen LogP contribution in [-0.2, 0) is 10.8 Å². The SMILES string of the molecule is CC1(C)c2cc(-c3cnc(N(c4ccccc4)c4cccc5ccccc45)nc3)ccc2-c2ccc(C3(C)c4ccccc4-c4ccccc43)cc21. The van der Waals surface area contributed by atoms with E-state index in [0.29, 0.717) is 5.95 Å². The van der Waals surface area contributed by atoms with E-state index in [-0.39, 0.29) is 10.8 Å². The Balaban J connectivity index is 1.02. The summed E-state index contributed by atoms with van der Waals surface area (Å²) in [6, 6.07) is 57.1. The van der Waals surface area contributed by atoms with Gasteiger partial charge in [0.1, 0.15) is 0 Å². The highest BCUT2D eigenvalue weighted by Gasteiger charge is 2.43. The zero-order valence-electron chi connectivity index (χ0n) is 29.5. The maximum Gasteiger partial charge on any atom is 0.234 e. The Morgan fingerprint density at radius 1 is 0.462 bits per heavy atom. The van der Waals surface area contributed by atoms with Crippen LogP contribution in [0.3, 0.4) is 0 Å². The molecule has 0 saturated heterocycles. The minimum atomic E-state index is -0.225. The van der Waals surface area contributed by atoms with Gasteiger partial charge in [0.2, 0.25) is 5.95 Å². The first-order chi connectivity index (χ1) is 25.4. The Bertz CT molecular complexity index is 2620. The van der Waals surface area contributed by atoms with Gasteiger partial charge in [-0.05, 0) is 92.2 Å². The lowest BCUT2D eigenvalue weighted by Crippen LogP contribution is -2.24. The van der Waals surface area contributed by atoms with Crippen molar-refractivity contribution in [3.05, 3.63) is 198 Å². The zero-order valence-corrected chi connectivity index (χ0v) is 29.5. The van der Waals surface area contributed by atoms with Crippen molar-refractivity contribution in [2.24, 2.45) is 0 Å². The summed E-state index contributed by atoms with van der Waals surface area (Å²) in [5, 5.41) is 2.33. The number of para-hydroxylation sites is 1. The highest BCUT2D eigenvalue weighted by molar-refractivity contribution is 5.98. The highest BCUT2D eigenvalue weighted by Crippen LogP contribution is 2.55. The van der Waals surface area contributed by atoms with Crippen LogP contribution >= 0.6 is 0 Å². The molecule has 52 heavy (non-hydrogen) atoms. The van der Waals surface area contributed by atoms with Crippen molar-refractivity contribution in [2.45, 2.75) is 31.6 Å². The summed E-state index contributed by atoms with van der Waals surface area (Å²) in [4.78, 5) is 12.1. The Kier molecular flexibility index (Phi) is 6.65. The number of hydrogen-bond acceptors (Lipinski definition) is 3. The summed E-state index contributed by atoms with van der Waals surface area (Å²) >= 11 is 0. The molecule has 0 N–H and O–H groups in total. The molecule has 0 atom stereocenters. The maximum absolute atomic E-state index is 5.00. The van der Waals surface area contributed by atoms with E-state index >= 15 is 0 Å². The first-order valence-corrected chi connectivity index (χ1v) is 18.1. The van der Waals surface area contributed by atoms with Gasteiger partial charge in [-0.1, -0.05) is 147 Å². The van der Waals surface area contributed by atoms with Gasteiger partial charge in [-0.3, -0.25) is 4.90 Å². The third-order valence-corrected chi connectivity index (χ3v) is 11.7. The van der Waals surface area contributed by atoms with Gasteiger partial charge in [0, 0.05) is 39.9 Å². The van der Waals surface area contributed by atoms with Crippen LogP contribution in [0.4, 0.5) is 17.3 Å². The largest absolute Gasteiger partial charge is 0.279 e. The molecule has 7 aromatic carbocycles. The van der Waals surface area contributed by atoms with Crippen LogP contribution in [0.5, 0.6) is 0 Å². The average Bonchev–Trinajstić information content (AvgIpc) is 3.60. The normalized spacial score (nSPS) is 14.4. The molecule has 248 valence electrons. The average molecular weight is 668 g/mol. The summed E-state index contributed by atoms with van der Waals surface area (Å²) in [6.07, 6.45) is 3.93. The van der Waals surface area contributed by atoms with Crippen LogP contribution in [0.15, 0.2) is 170 Å². The Labute approximate surface area is 304 Å². The molecule has 0 radical (unpaired) electrons. The summed E-state index contributed by atoms with van der Waals surface area (Å²) in [7, 11) is 0. The molecule has 1 aromatic heterocycles. The molecule has 0 unspecified atom stereocenters. The second-order valence-electron chi connectivity index (χ2n) is 14.8. The Morgan fingerprint density at radius 2 is 1.04 bits per heavy atom. The van der Waals surface area contributed by atoms with Gasteiger partial charge < -0.3 is 0 Å². The molecule has 1 heterocycles. The standard InChI is InChI=1S/C49H37N3/c1-48(2)44-28-33(34-30-50-47(51-31-34)52(36-16-5-4-6-17-36)46-23-13-15-32-14-7-8-18-37(32)46)24-26-40(44)41-27-25-35(29-45(41)48)49(3)42-21-11-9-19-38(42)39-20-10-12-22-43(39)49/h4-31H,1-3H3. The van der Waals surface area contributed by atoms with Crippen LogP contribution in [0.1, 0.15) is 48.6 Å². The number of rotatable bonds is 5. The van der Waals surface area contributed by atoms with Crippen molar-refractivity contribution in [1.82, 2.24) is 9.97 Å². The number of anilines is 3. The van der Waals surface area contributed by atoms with E-state index in [0.717, 1.165) is 27.9 Å². The van der Waals surface area contributed by atoms with Crippen LogP contribution in [0.25, 0.3) is 44.2 Å². The lowest BCUT2D eigenvalue weighted by Gasteiger charge is -2.30. The Morgan fingerprint density at radius 3 is 1.77 bits per heavy atom. The quantitative estimate of drug-likeness (QED) is 0.183. The predicted octanol–water partition coefficient (Wildman–Crippen LogP) is 12.4. The third-order valence-electron chi connectivity index (χ3n) is 11.7. The van der Waals surface area contributed by atoms with E-state index in [1.165, 1.54) is 55.5 Å². The zero-order chi connectivity index (χ0) is 35.0. The van der Waals surface area contributed by atoms with Gasteiger partial charge in [-0.25, -0.2) is 9.97 Å². The van der Waals surface area contributed by atoms with E-state index < -0.39 is 0 Å². The molecule has 8 aromatic rings. The van der Waals surface area contributed by atoms with E-state index in [1.54, 1.807) is 0 Å². The molecule has 0 aliphatic heterocycles. The van der Waals surface area contributed by atoms with Gasteiger partial charge in [-0.2, -0.15) is 0 Å². The molecule has 0 bridgehead atoms. The van der Waals surface area contributed by atoms with Crippen LogP contribution < -0.4 is 4.90 Å². The van der Waals surface area contributed by atoms with E-state index in [1.807, 2.05) is 18.5 Å². The molecule has 0 amide bonds. The highest BCUT2D eigenvalue weighted by atomic mass is 15.3. The van der Waals surface area contributed by atoms with E-state index in [4.69, 9.17) is 9.97 Å². The lowest BCUT2D eigenvalue weighted by atomic mass is 9.72. The summed E-state index contributed by atoms with van der Waals surface area (Å²) in [5.41, 5.74) is 15.9. The molecule has 3 heteroatoms. The molecule has 2 aliphatic rings. The molecule has 2 aliphatic carbocycles. The summed E-state index contributed by atoms with van der Waals surface area (Å²) in [5.74, 6) is 0.635. The lowest BCUT2D eigenvalue weighted by molar-refractivity contribution is 0.652. The van der Waals surface area contributed by atoms with Crippen LogP contribution in [0, 0.1) is 0 Å². The van der Waals surface area contributed by atoms with Gasteiger partial charge in [0.25, 0.3) is 0 Å². The molecular weight excluding hydrogens is 631 g/mol. The van der Waals surface area contributed by atoms with Crippen molar-refractivity contribution in [3.63, 3.8) is 0 Å².